The average molecular weight is 333 g/mol. The molecule has 1 aromatic heterocycles. The molecular formula is C17H27N5O2. The third-order valence-corrected chi connectivity index (χ3v) is 5.06. The second-order valence-corrected chi connectivity index (χ2v) is 6.94. The summed E-state index contributed by atoms with van der Waals surface area (Å²) in [6.07, 6.45) is 3.65. The zero-order chi connectivity index (χ0) is 17.3. The van der Waals surface area contributed by atoms with Crippen molar-refractivity contribution in [1.29, 1.82) is 0 Å². The molecule has 0 spiro atoms. The van der Waals surface area contributed by atoms with Gasteiger partial charge in [-0.25, -0.2) is 9.97 Å². The van der Waals surface area contributed by atoms with E-state index < -0.39 is 5.91 Å². The third-order valence-electron chi connectivity index (χ3n) is 5.06. The second kappa shape index (κ2) is 7.03. The number of amides is 1. The van der Waals surface area contributed by atoms with Crippen molar-refractivity contribution in [3.8, 4) is 0 Å². The number of aromatic nitrogens is 2. The largest absolute Gasteiger partial charge is 0.383 e. The molecule has 1 amide bonds. The predicted molar refractivity (Wildman–Crippen MR) is 92.2 cm³/mol. The number of nitrogens with one attached hydrogen (secondary N) is 1. The molecule has 2 heterocycles. The quantitative estimate of drug-likeness (QED) is 0.766. The van der Waals surface area contributed by atoms with Crippen LogP contribution in [0.15, 0.2) is 0 Å². The minimum atomic E-state index is -0.581. The molecule has 2 aliphatic rings. The first-order valence-corrected chi connectivity index (χ1v) is 8.64. The summed E-state index contributed by atoms with van der Waals surface area (Å²) >= 11 is 0. The van der Waals surface area contributed by atoms with Gasteiger partial charge in [0.1, 0.15) is 5.82 Å². The molecule has 7 nitrogen and oxygen atoms in total. The first kappa shape index (κ1) is 17.1. The molecule has 0 radical (unpaired) electrons. The van der Waals surface area contributed by atoms with E-state index in [-0.39, 0.29) is 5.82 Å². The van der Waals surface area contributed by atoms with Crippen molar-refractivity contribution >= 4 is 11.7 Å². The Hall–Kier alpha value is -1.73. The zero-order valence-corrected chi connectivity index (χ0v) is 14.7. The van der Waals surface area contributed by atoms with Crippen LogP contribution in [0.1, 0.15) is 41.1 Å². The highest BCUT2D eigenvalue weighted by atomic mass is 16.5. The lowest BCUT2D eigenvalue weighted by atomic mass is 10.1. The van der Waals surface area contributed by atoms with Crippen molar-refractivity contribution in [2.75, 3.05) is 31.7 Å². The van der Waals surface area contributed by atoms with E-state index in [0.717, 1.165) is 49.1 Å². The molecule has 1 unspecified atom stereocenters. The summed E-state index contributed by atoms with van der Waals surface area (Å²) in [5.41, 5.74) is 7.17. The van der Waals surface area contributed by atoms with Gasteiger partial charge in [0.15, 0.2) is 0 Å². The van der Waals surface area contributed by atoms with Crippen LogP contribution in [-0.2, 0) is 4.74 Å². The van der Waals surface area contributed by atoms with Crippen LogP contribution in [-0.4, -0.2) is 54.8 Å². The first-order chi connectivity index (χ1) is 11.5. The van der Waals surface area contributed by atoms with Gasteiger partial charge in [0.05, 0.1) is 6.61 Å². The summed E-state index contributed by atoms with van der Waals surface area (Å²) in [5.74, 6) is 1.10. The van der Waals surface area contributed by atoms with E-state index in [1.807, 2.05) is 13.8 Å². The Morgan fingerprint density at radius 3 is 2.75 bits per heavy atom. The summed E-state index contributed by atoms with van der Waals surface area (Å²) in [6, 6.07) is 0.854. The van der Waals surface area contributed by atoms with Crippen LogP contribution in [0.4, 0.5) is 5.82 Å². The Labute approximate surface area is 143 Å². The minimum Gasteiger partial charge on any atom is -0.383 e. The normalized spacial score (nSPS) is 22.0. The summed E-state index contributed by atoms with van der Waals surface area (Å²) < 4.78 is 5.36. The van der Waals surface area contributed by atoms with Crippen molar-refractivity contribution in [2.24, 2.45) is 11.7 Å². The number of aryl methyl sites for hydroxylation is 1. The molecular weight excluding hydrogens is 306 g/mol. The van der Waals surface area contributed by atoms with E-state index >= 15 is 0 Å². The lowest BCUT2D eigenvalue weighted by Crippen LogP contribution is -2.44. The van der Waals surface area contributed by atoms with Gasteiger partial charge in [-0.1, -0.05) is 0 Å². The highest BCUT2D eigenvalue weighted by Gasteiger charge is 2.34. The van der Waals surface area contributed by atoms with Crippen LogP contribution in [0, 0.1) is 19.8 Å². The molecule has 3 N–H and O–H groups in total. The number of rotatable bonds is 7. The van der Waals surface area contributed by atoms with Crippen molar-refractivity contribution in [2.45, 2.75) is 45.2 Å². The van der Waals surface area contributed by atoms with Crippen LogP contribution in [0.2, 0.25) is 0 Å². The monoisotopic (exact) mass is 333 g/mol. The van der Waals surface area contributed by atoms with Crippen molar-refractivity contribution in [3.63, 3.8) is 0 Å². The lowest BCUT2D eigenvalue weighted by Gasteiger charge is -2.24. The molecule has 1 aliphatic heterocycles. The Morgan fingerprint density at radius 1 is 1.38 bits per heavy atom. The van der Waals surface area contributed by atoms with E-state index in [4.69, 9.17) is 10.5 Å². The van der Waals surface area contributed by atoms with Gasteiger partial charge >= 0.3 is 0 Å². The van der Waals surface area contributed by atoms with Gasteiger partial charge in [0.2, 0.25) is 5.82 Å². The number of primary amides is 1. The first-order valence-electron chi connectivity index (χ1n) is 8.64. The number of carbonyl (C=O) groups is 1. The molecule has 1 aliphatic carbocycles. The van der Waals surface area contributed by atoms with Crippen LogP contribution in [0.5, 0.6) is 0 Å². The number of hydrogen-bond donors (Lipinski definition) is 2. The Morgan fingerprint density at radius 2 is 2.12 bits per heavy atom. The third kappa shape index (κ3) is 3.67. The molecule has 3 rings (SSSR count). The standard InChI is InChI=1S/C17H27N5O2/c1-10-11(2)19-16(15(18)23)21-17(10)22-7-6-13(8-22)20-14(9-24-3)12-4-5-12/h12-14,20H,4-9H2,1-3H3,(H2,18,23)/t13-,14?/m1/s1. The molecule has 1 aromatic rings. The highest BCUT2D eigenvalue weighted by molar-refractivity contribution is 5.89. The molecule has 7 heteroatoms. The van der Waals surface area contributed by atoms with E-state index in [1.54, 1.807) is 7.11 Å². The molecule has 2 atom stereocenters. The van der Waals surface area contributed by atoms with Gasteiger partial charge in [-0.3, -0.25) is 4.79 Å². The number of hydrogen-bond acceptors (Lipinski definition) is 6. The molecule has 1 saturated carbocycles. The second-order valence-electron chi connectivity index (χ2n) is 6.94. The number of methoxy groups -OCH3 is 1. The average Bonchev–Trinajstić information content (AvgIpc) is 3.29. The minimum absolute atomic E-state index is 0.0970. The summed E-state index contributed by atoms with van der Waals surface area (Å²) in [5, 5.41) is 3.75. The van der Waals surface area contributed by atoms with Crippen molar-refractivity contribution in [1.82, 2.24) is 15.3 Å². The highest BCUT2D eigenvalue weighted by Crippen LogP contribution is 2.33. The van der Waals surface area contributed by atoms with E-state index in [0.29, 0.717) is 12.1 Å². The maximum atomic E-state index is 11.4. The maximum absolute atomic E-state index is 11.4. The summed E-state index contributed by atoms with van der Waals surface area (Å²) in [6.45, 7) is 6.44. The Balaban J connectivity index is 1.70. The predicted octanol–water partition coefficient (Wildman–Crippen LogP) is 0.786. The van der Waals surface area contributed by atoms with Gasteiger partial charge in [-0.05, 0) is 39.0 Å². The fraction of sp³-hybridized carbons (Fsp3) is 0.706. The van der Waals surface area contributed by atoms with E-state index in [9.17, 15) is 4.79 Å². The topological polar surface area (TPSA) is 93.4 Å². The van der Waals surface area contributed by atoms with E-state index in [2.05, 4.69) is 20.2 Å². The van der Waals surface area contributed by atoms with Crippen LogP contribution < -0.4 is 16.0 Å². The number of ether oxygens (including phenoxy) is 1. The molecule has 132 valence electrons. The molecule has 2 fully saturated rings. The number of carbonyl (C=O) groups excluding carboxylic acids is 1. The van der Waals surface area contributed by atoms with Gasteiger partial charge in [0, 0.05) is 43.5 Å². The molecule has 0 bridgehead atoms. The van der Waals surface area contributed by atoms with Crippen LogP contribution in [0.3, 0.4) is 0 Å². The SMILES string of the molecule is COCC(N[C@@H]1CCN(c2nc(C(N)=O)nc(C)c2C)C1)C1CC1. The van der Waals surface area contributed by atoms with Crippen LogP contribution >= 0.6 is 0 Å². The summed E-state index contributed by atoms with van der Waals surface area (Å²) in [7, 11) is 1.76. The van der Waals surface area contributed by atoms with Crippen LogP contribution in [0.25, 0.3) is 0 Å². The fourth-order valence-corrected chi connectivity index (χ4v) is 3.42. The Bertz CT molecular complexity index is 617. The number of anilines is 1. The number of nitrogens with zero attached hydrogens (tertiary/aromatic N) is 3. The molecule has 1 saturated heterocycles. The van der Waals surface area contributed by atoms with Gasteiger partial charge in [-0.15, -0.1) is 0 Å². The molecule has 0 aromatic carbocycles. The zero-order valence-electron chi connectivity index (χ0n) is 14.7. The number of nitrogens with two attached hydrogens (primary N) is 1. The van der Waals surface area contributed by atoms with Gasteiger partial charge in [-0.2, -0.15) is 0 Å². The smallest absolute Gasteiger partial charge is 0.286 e. The van der Waals surface area contributed by atoms with Gasteiger partial charge in [0.25, 0.3) is 5.91 Å². The Kier molecular flexibility index (Phi) is 5.01. The fourth-order valence-electron chi connectivity index (χ4n) is 3.42. The summed E-state index contributed by atoms with van der Waals surface area (Å²) in [4.78, 5) is 22.3. The van der Waals surface area contributed by atoms with E-state index in [1.165, 1.54) is 12.8 Å². The maximum Gasteiger partial charge on any atom is 0.286 e. The van der Waals surface area contributed by atoms with Gasteiger partial charge < -0.3 is 20.7 Å². The van der Waals surface area contributed by atoms with Crippen molar-refractivity contribution < 1.29 is 9.53 Å². The lowest BCUT2D eigenvalue weighted by molar-refractivity contribution is 0.0990. The van der Waals surface area contributed by atoms with Crippen molar-refractivity contribution in [3.05, 3.63) is 17.1 Å². The molecule has 24 heavy (non-hydrogen) atoms.